The van der Waals surface area contributed by atoms with E-state index in [1.54, 1.807) is 31.1 Å². The highest BCUT2D eigenvalue weighted by Crippen LogP contribution is 2.44. The number of carbonyl (C=O) groups is 1. The number of unbranched alkanes of at least 4 members (excludes halogenated alkanes) is 1. The molecule has 2 unspecified atom stereocenters. The number of urea groups is 1. The van der Waals surface area contributed by atoms with Crippen LogP contribution in [-0.2, 0) is 12.8 Å². The van der Waals surface area contributed by atoms with E-state index < -0.39 is 11.3 Å². The van der Waals surface area contributed by atoms with Crippen LogP contribution in [0, 0.1) is 0 Å². The van der Waals surface area contributed by atoms with E-state index in [1.165, 1.54) is 0 Å². The number of methoxy groups -OCH3 is 2. The number of amides is 2. The van der Waals surface area contributed by atoms with Gasteiger partial charge in [-0.3, -0.25) is 4.90 Å². The predicted molar refractivity (Wildman–Crippen MR) is 126 cm³/mol. The smallest absolute Gasteiger partial charge is 0.322 e. The summed E-state index contributed by atoms with van der Waals surface area (Å²) in [5.41, 5.74) is 0.123. The molecule has 0 aromatic heterocycles. The molecule has 1 heterocycles. The molecule has 2 amide bonds. The molecule has 6 nitrogen and oxygen atoms in total. The lowest BCUT2D eigenvalue weighted by Gasteiger charge is -2.44. The van der Waals surface area contributed by atoms with Gasteiger partial charge in [0.1, 0.15) is 0 Å². The van der Waals surface area contributed by atoms with Crippen molar-refractivity contribution < 1.29 is 19.4 Å². The molecule has 0 bridgehead atoms. The minimum Gasteiger partial charge on any atom is -0.493 e. The lowest BCUT2D eigenvalue weighted by atomic mass is 9.79. The second-order valence-electron chi connectivity index (χ2n) is 8.79. The van der Waals surface area contributed by atoms with Crippen LogP contribution >= 0.6 is 0 Å². The van der Waals surface area contributed by atoms with E-state index in [0.717, 1.165) is 24.0 Å². The topological polar surface area (TPSA) is 62.2 Å². The second-order valence-corrected chi connectivity index (χ2v) is 8.79. The van der Waals surface area contributed by atoms with E-state index in [0.29, 0.717) is 37.3 Å². The molecule has 1 N–H and O–H groups in total. The van der Waals surface area contributed by atoms with Crippen LogP contribution in [0.4, 0.5) is 4.79 Å². The monoisotopic (exact) mass is 440 g/mol. The quantitative estimate of drug-likeness (QED) is 0.591. The summed E-state index contributed by atoms with van der Waals surface area (Å²) < 4.78 is 10.7. The Balaban J connectivity index is 1.89. The molecule has 0 saturated carbocycles. The number of rotatable bonds is 10. The number of hydrogen-bond donors (Lipinski definition) is 1. The minimum absolute atomic E-state index is 0.137. The number of aliphatic hydroxyl groups is 1. The van der Waals surface area contributed by atoms with Gasteiger partial charge in [0.2, 0.25) is 0 Å². The fraction of sp³-hybridized carbons (Fsp3) is 0.500. The van der Waals surface area contributed by atoms with E-state index in [-0.39, 0.29) is 6.03 Å². The van der Waals surface area contributed by atoms with Crippen LogP contribution in [0.5, 0.6) is 11.5 Å². The van der Waals surface area contributed by atoms with Gasteiger partial charge >= 0.3 is 6.03 Å². The Morgan fingerprint density at radius 1 is 1.00 bits per heavy atom. The Morgan fingerprint density at radius 2 is 1.69 bits per heavy atom. The van der Waals surface area contributed by atoms with Gasteiger partial charge in [-0.05, 0) is 49.4 Å². The molecule has 0 aliphatic carbocycles. The predicted octanol–water partition coefficient (Wildman–Crippen LogP) is 4.49. The molecule has 1 aliphatic heterocycles. The van der Waals surface area contributed by atoms with Crippen LogP contribution in [0.1, 0.15) is 44.2 Å². The highest BCUT2D eigenvalue weighted by molar-refractivity contribution is 5.79. The van der Waals surface area contributed by atoms with Crippen LogP contribution in [-0.4, -0.2) is 60.0 Å². The third-order valence-corrected chi connectivity index (χ3v) is 6.91. The molecule has 1 saturated heterocycles. The second kappa shape index (κ2) is 9.82. The molecule has 0 radical (unpaired) electrons. The number of likely N-dealkylation sites (N-methyl/N-ethyl adjacent to an activating group) is 1. The van der Waals surface area contributed by atoms with Gasteiger partial charge < -0.3 is 19.5 Å². The lowest BCUT2D eigenvalue weighted by molar-refractivity contribution is -0.129. The average molecular weight is 441 g/mol. The first-order valence-electron chi connectivity index (χ1n) is 11.3. The van der Waals surface area contributed by atoms with E-state index in [9.17, 15) is 9.90 Å². The molecule has 2 aromatic carbocycles. The molecule has 0 spiro atoms. The maximum atomic E-state index is 13.4. The highest BCUT2D eigenvalue weighted by atomic mass is 16.5. The Kier molecular flexibility index (Phi) is 7.34. The van der Waals surface area contributed by atoms with Gasteiger partial charge in [-0.2, -0.15) is 0 Å². The molecule has 6 heteroatoms. The summed E-state index contributed by atoms with van der Waals surface area (Å²) in [6, 6.07) is 15.7. The first-order chi connectivity index (χ1) is 15.3. The summed E-state index contributed by atoms with van der Waals surface area (Å²) in [5, 5.41) is 12.1. The van der Waals surface area contributed by atoms with Crippen molar-refractivity contribution in [3.8, 4) is 11.5 Å². The van der Waals surface area contributed by atoms with Crippen molar-refractivity contribution in [3.63, 3.8) is 0 Å². The fourth-order valence-electron chi connectivity index (χ4n) is 4.75. The van der Waals surface area contributed by atoms with Gasteiger partial charge in [-0.15, -0.1) is 0 Å². The van der Waals surface area contributed by atoms with E-state index in [2.05, 4.69) is 19.1 Å². The van der Waals surface area contributed by atoms with Crippen molar-refractivity contribution in [3.05, 3.63) is 59.7 Å². The third-order valence-electron chi connectivity index (χ3n) is 6.91. The van der Waals surface area contributed by atoms with Crippen molar-refractivity contribution in [2.45, 2.75) is 57.2 Å². The van der Waals surface area contributed by atoms with Crippen molar-refractivity contribution in [1.82, 2.24) is 9.80 Å². The molecule has 1 fully saturated rings. The number of carbonyl (C=O) groups excluding carboxylic acids is 1. The fourth-order valence-corrected chi connectivity index (χ4v) is 4.75. The van der Waals surface area contributed by atoms with Crippen LogP contribution in [0.3, 0.4) is 0 Å². The Morgan fingerprint density at radius 3 is 2.31 bits per heavy atom. The lowest BCUT2D eigenvalue weighted by Crippen LogP contribution is -2.61. The van der Waals surface area contributed by atoms with Gasteiger partial charge in [-0.1, -0.05) is 49.7 Å². The standard InChI is InChI=1S/C26H36N2O4/c1-6-7-16-26(30)25(2,19-21-11-9-8-10-12-21)27(3)24(29)28(26)17-15-20-13-14-22(31-4)23(18-20)32-5/h8-14,18,30H,6-7,15-17,19H2,1-5H3. The SMILES string of the molecule is CCCCC1(O)N(CCc2ccc(OC)c(OC)c2)C(=O)N(C)C1(C)Cc1ccccc1. The molecular formula is C26H36N2O4. The first-order valence-corrected chi connectivity index (χ1v) is 11.3. The number of nitrogens with zero attached hydrogens (tertiary/aromatic N) is 2. The third kappa shape index (κ3) is 4.29. The molecule has 1 aliphatic rings. The van der Waals surface area contributed by atoms with Crippen LogP contribution < -0.4 is 9.47 Å². The maximum Gasteiger partial charge on any atom is 0.322 e. The Hall–Kier alpha value is -2.73. The van der Waals surface area contributed by atoms with E-state index in [4.69, 9.17) is 9.47 Å². The number of benzene rings is 2. The van der Waals surface area contributed by atoms with Crippen molar-refractivity contribution in [2.75, 3.05) is 27.8 Å². The maximum absolute atomic E-state index is 13.4. The summed E-state index contributed by atoms with van der Waals surface area (Å²) in [6.07, 6.45) is 3.52. The van der Waals surface area contributed by atoms with Crippen molar-refractivity contribution >= 4 is 6.03 Å². The van der Waals surface area contributed by atoms with Gasteiger partial charge in [0.05, 0.1) is 19.8 Å². The number of ether oxygens (including phenoxy) is 2. The summed E-state index contributed by atoms with van der Waals surface area (Å²) in [5.74, 6) is 1.33. The Bertz CT molecular complexity index is 919. The van der Waals surface area contributed by atoms with Gasteiger partial charge in [0.15, 0.2) is 17.2 Å². The summed E-state index contributed by atoms with van der Waals surface area (Å²) in [6.45, 7) is 4.53. The highest BCUT2D eigenvalue weighted by Gasteiger charge is 2.62. The van der Waals surface area contributed by atoms with Gasteiger partial charge in [-0.25, -0.2) is 4.79 Å². The zero-order valence-corrected chi connectivity index (χ0v) is 19.9. The molecule has 32 heavy (non-hydrogen) atoms. The largest absolute Gasteiger partial charge is 0.493 e. The molecule has 2 atom stereocenters. The first kappa shape index (κ1) is 23.9. The van der Waals surface area contributed by atoms with Gasteiger partial charge in [0, 0.05) is 20.0 Å². The van der Waals surface area contributed by atoms with Crippen LogP contribution in [0.2, 0.25) is 0 Å². The number of hydrogen-bond acceptors (Lipinski definition) is 4. The molecular weight excluding hydrogens is 404 g/mol. The van der Waals surface area contributed by atoms with E-state index in [1.807, 2.05) is 43.3 Å². The van der Waals surface area contributed by atoms with Gasteiger partial charge in [0.25, 0.3) is 0 Å². The van der Waals surface area contributed by atoms with Crippen molar-refractivity contribution in [2.24, 2.45) is 0 Å². The normalized spacial score (nSPS) is 23.0. The average Bonchev–Trinajstić information content (AvgIpc) is 2.94. The van der Waals surface area contributed by atoms with Crippen LogP contribution in [0.15, 0.2) is 48.5 Å². The molecule has 174 valence electrons. The molecule has 2 aromatic rings. The molecule has 3 rings (SSSR count). The zero-order chi connectivity index (χ0) is 23.4. The summed E-state index contributed by atoms with van der Waals surface area (Å²) in [4.78, 5) is 16.8. The summed E-state index contributed by atoms with van der Waals surface area (Å²) in [7, 11) is 5.02. The zero-order valence-electron chi connectivity index (χ0n) is 19.9. The minimum atomic E-state index is -1.26. The van der Waals surface area contributed by atoms with E-state index >= 15 is 0 Å². The van der Waals surface area contributed by atoms with Crippen LogP contribution in [0.25, 0.3) is 0 Å². The van der Waals surface area contributed by atoms with Crippen molar-refractivity contribution in [1.29, 1.82) is 0 Å². The Labute approximate surface area is 191 Å². The summed E-state index contributed by atoms with van der Waals surface area (Å²) >= 11 is 0.